The molecule has 1 fully saturated rings. The van der Waals surface area contributed by atoms with E-state index in [4.69, 9.17) is 16.6 Å². The Morgan fingerprint density at radius 2 is 1.43 bits per heavy atom. The van der Waals surface area contributed by atoms with Gasteiger partial charge in [-0.1, -0.05) is 66.2 Å². The predicted molar refractivity (Wildman–Crippen MR) is 114 cm³/mol. The van der Waals surface area contributed by atoms with E-state index in [1.165, 1.54) is 6.07 Å². The van der Waals surface area contributed by atoms with Crippen LogP contribution < -0.4 is 4.90 Å². The number of nitrogens with zero attached hydrogens (tertiary/aromatic N) is 3. The highest BCUT2D eigenvalue weighted by Gasteiger charge is 2.22. The van der Waals surface area contributed by atoms with Crippen molar-refractivity contribution in [2.75, 3.05) is 31.1 Å². The van der Waals surface area contributed by atoms with Gasteiger partial charge in [-0.15, -0.1) is 0 Å². The van der Waals surface area contributed by atoms with Crippen molar-refractivity contribution in [3.05, 3.63) is 95.3 Å². The first-order valence-electron chi connectivity index (χ1n) is 9.35. The van der Waals surface area contributed by atoms with Crippen molar-refractivity contribution in [1.82, 2.24) is 4.90 Å². The molecule has 1 heterocycles. The first kappa shape index (κ1) is 18.5. The van der Waals surface area contributed by atoms with Crippen molar-refractivity contribution in [1.29, 1.82) is 0 Å². The maximum absolute atomic E-state index is 14.1. The molecular weight excluding hydrogens is 373 g/mol. The molecule has 142 valence electrons. The Morgan fingerprint density at radius 3 is 2.14 bits per heavy atom. The molecule has 0 saturated carbocycles. The number of aliphatic imine (C=N–C) groups is 1. The molecule has 4 rings (SSSR count). The van der Waals surface area contributed by atoms with Crippen LogP contribution >= 0.6 is 11.6 Å². The average molecular weight is 394 g/mol. The second-order valence-corrected chi connectivity index (χ2v) is 7.09. The minimum Gasteiger partial charge on any atom is -0.366 e. The SMILES string of the molecule is Fc1ccccc1N1CCN(C(=Nc2ccccc2Cl)c2ccccc2)CC1. The molecule has 0 bridgehead atoms. The van der Waals surface area contributed by atoms with Gasteiger partial charge >= 0.3 is 0 Å². The van der Waals surface area contributed by atoms with Gasteiger partial charge in [0.1, 0.15) is 11.7 Å². The van der Waals surface area contributed by atoms with Crippen LogP contribution in [0.1, 0.15) is 5.56 Å². The number of benzene rings is 3. The molecule has 5 heteroatoms. The van der Waals surface area contributed by atoms with E-state index in [0.717, 1.165) is 43.3 Å². The molecule has 0 unspecified atom stereocenters. The number of hydrogen-bond donors (Lipinski definition) is 0. The highest BCUT2D eigenvalue weighted by molar-refractivity contribution is 6.33. The lowest BCUT2D eigenvalue weighted by molar-refractivity contribution is 0.384. The average Bonchev–Trinajstić information content (AvgIpc) is 2.74. The van der Waals surface area contributed by atoms with Crippen LogP contribution in [0.25, 0.3) is 0 Å². The Hall–Kier alpha value is -2.85. The molecule has 0 spiro atoms. The van der Waals surface area contributed by atoms with Crippen LogP contribution in [0, 0.1) is 5.82 Å². The first-order chi connectivity index (χ1) is 13.7. The Labute approximate surface area is 169 Å². The predicted octanol–water partition coefficient (Wildman–Crippen LogP) is 5.38. The molecule has 3 aromatic carbocycles. The van der Waals surface area contributed by atoms with Crippen molar-refractivity contribution in [2.45, 2.75) is 0 Å². The van der Waals surface area contributed by atoms with E-state index in [1.807, 2.05) is 54.6 Å². The van der Waals surface area contributed by atoms with Gasteiger partial charge in [-0.05, 0) is 24.3 Å². The second-order valence-electron chi connectivity index (χ2n) is 6.68. The van der Waals surface area contributed by atoms with Gasteiger partial charge in [-0.25, -0.2) is 9.38 Å². The van der Waals surface area contributed by atoms with Crippen molar-refractivity contribution in [3.8, 4) is 0 Å². The third-order valence-electron chi connectivity index (χ3n) is 4.88. The molecule has 0 atom stereocenters. The zero-order valence-corrected chi connectivity index (χ0v) is 16.2. The van der Waals surface area contributed by atoms with E-state index in [1.54, 1.807) is 6.07 Å². The van der Waals surface area contributed by atoms with E-state index in [2.05, 4.69) is 21.9 Å². The molecule has 3 aromatic rings. The fourth-order valence-electron chi connectivity index (χ4n) is 3.43. The highest BCUT2D eigenvalue weighted by Crippen LogP contribution is 2.26. The summed E-state index contributed by atoms with van der Waals surface area (Å²) in [5, 5.41) is 0.626. The molecule has 0 N–H and O–H groups in total. The number of hydrogen-bond acceptors (Lipinski definition) is 2. The smallest absolute Gasteiger partial charge is 0.146 e. The third-order valence-corrected chi connectivity index (χ3v) is 5.20. The minimum atomic E-state index is -0.177. The molecule has 0 aliphatic carbocycles. The quantitative estimate of drug-likeness (QED) is 0.439. The molecule has 1 aliphatic rings. The highest BCUT2D eigenvalue weighted by atomic mass is 35.5. The third kappa shape index (κ3) is 4.02. The van der Waals surface area contributed by atoms with Crippen molar-refractivity contribution >= 4 is 28.8 Å². The van der Waals surface area contributed by atoms with Crippen molar-refractivity contribution < 1.29 is 4.39 Å². The minimum absolute atomic E-state index is 0.177. The summed E-state index contributed by atoms with van der Waals surface area (Å²) in [4.78, 5) is 9.22. The summed E-state index contributed by atoms with van der Waals surface area (Å²) >= 11 is 6.34. The Kier molecular flexibility index (Phi) is 5.58. The molecule has 28 heavy (non-hydrogen) atoms. The summed E-state index contributed by atoms with van der Waals surface area (Å²) in [6, 6.07) is 24.7. The molecule has 3 nitrogen and oxygen atoms in total. The topological polar surface area (TPSA) is 18.8 Å². The molecular formula is C23H21ClFN3. The van der Waals surface area contributed by atoms with Gasteiger partial charge < -0.3 is 9.80 Å². The van der Waals surface area contributed by atoms with E-state index in [9.17, 15) is 4.39 Å². The summed E-state index contributed by atoms with van der Waals surface area (Å²) in [5.74, 6) is 0.714. The van der Waals surface area contributed by atoms with Gasteiger partial charge in [0.2, 0.25) is 0 Å². The van der Waals surface area contributed by atoms with Crippen LogP contribution in [0.15, 0.2) is 83.9 Å². The summed E-state index contributed by atoms with van der Waals surface area (Å²) < 4.78 is 14.1. The fraction of sp³-hybridized carbons (Fsp3) is 0.174. The van der Waals surface area contributed by atoms with Crippen molar-refractivity contribution in [3.63, 3.8) is 0 Å². The zero-order chi connectivity index (χ0) is 19.3. The summed E-state index contributed by atoms with van der Waals surface area (Å²) in [6.45, 7) is 2.98. The molecule has 1 saturated heterocycles. The molecule has 0 radical (unpaired) electrons. The molecule has 1 aliphatic heterocycles. The van der Waals surface area contributed by atoms with Gasteiger partial charge in [0, 0.05) is 31.7 Å². The van der Waals surface area contributed by atoms with Crippen LogP contribution in [0.4, 0.5) is 15.8 Å². The van der Waals surface area contributed by atoms with Gasteiger partial charge in [-0.2, -0.15) is 0 Å². The maximum atomic E-state index is 14.1. The van der Waals surface area contributed by atoms with Crippen LogP contribution in [0.3, 0.4) is 0 Å². The lowest BCUT2D eigenvalue weighted by Crippen LogP contribution is -2.49. The number of halogens is 2. The number of piperazine rings is 1. The van der Waals surface area contributed by atoms with E-state index < -0.39 is 0 Å². The number of para-hydroxylation sites is 2. The van der Waals surface area contributed by atoms with Crippen molar-refractivity contribution in [2.24, 2.45) is 4.99 Å². The first-order valence-corrected chi connectivity index (χ1v) is 9.73. The maximum Gasteiger partial charge on any atom is 0.146 e. The van der Waals surface area contributed by atoms with Gasteiger partial charge in [0.05, 0.1) is 16.4 Å². The fourth-order valence-corrected chi connectivity index (χ4v) is 3.61. The van der Waals surface area contributed by atoms with Gasteiger partial charge in [0.15, 0.2) is 0 Å². The monoisotopic (exact) mass is 393 g/mol. The number of rotatable bonds is 3. The normalized spacial score (nSPS) is 15.0. The zero-order valence-electron chi connectivity index (χ0n) is 15.4. The Bertz CT molecular complexity index is 966. The summed E-state index contributed by atoms with van der Waals surface area (Å²) in [5.41, 5.74) is 2.45. The van der Waals surface area contributed by atoms with Crippen LogP contribution in [0.2, 0.25) is 5.02 Å². The Morgan fingerprint density at radius 1 is 0.786 bits per heavy atom. The van der Waals surface area contributed by atoms with E-state index in [0.29, 0.717) is 10.7 Å². The van der Waals surface area contributed by atoms with E-state index >= 15 is 0 Å². The lowest BCUT2D eigenvalue weighted by Gasteiger charge is -2.38. The number of anilines is 1. The standard InChI is InChI=1S/C23H21ClFN3/c24-19-10-4-6-12-21(19)26-23(18-8-2-1-3-9-18)28-16-14-27(15-17-28)22-13-7-5-11-20(22)25/h1-13H,14-17H2. The number of amidine groups is 1. The summed E-state index contributed by atoms with van der Waals surface area (Å²) in [7, 11) is 0. The lowest BCUT2D eigenvalue weighted by atomic mass is 10.1. The van der Waals surface area contributed by atoms with Gasteiger partial charge in [0.25, 0.3) is 0 Å². The largest absolute Gasteiger partial charge is 0.366 e. The van der Waals surface area contributed by atoms with Crippen LogP contribution in [-0.2, 0) is 0 Å². The summed E-state index contributed by atoms with van der Waals surface area (Å²) in [6.07, 6.45) is 0. The van der Waals surface area contributed by atoms with E-state index in [-0.39, 0.29) is 5.82 Å². The van der Waals surface area contributed by atoms with Gasteiger partial charge in [-0.3, -0.25) is 0 Å². The molecule has 0 aromatic heterocycles. The second kappa shape index (κ2) is 8.44. The Balaban J connectivity index is 1.60. The van der Waals surface area contributed by atoms with Crippen LogP contribution in [0.5, 0.6) is 0 Å². The molecule has 0 amide bonds. The van der Waals surface area contributed by atoms with Crippen LogP contribution in [-0.4, -0.2) is 36.9 Å².